The van der Waals surface area contributed by atoms with Crippen LogP contribution in [0.4, 0.5) is 0 Å². The normalized spacial score (nSPS) is 14.2. The van der Waals surface area contributed by atoms with Crippen LogP contribution in [0.5, 0.6) is 0 Å². The second-order valence-electron chi connectivity index (χ2n) is 4.59. The van der Waals surface area contributed by atoms with Gasteiger partial charge in [0.1, 0.15) is 5.60 Å². The Hall–Kier alpha value is -1.12. The molecule has 0 aliphatic heterocycles. The zero-order valence-electron chi connectivity index (χ0n) is 10.7. The van der Waals surface area contributed by atoms with Gasteiger partial charge in [0, 0.05) is 4.47 Å². The Kier molecular flexibility index (Phi) is 3.88. The van der Waals surface area contributed by atoms with E-state index in [1.165, 1.54) is 5.56 Å². The number of rotatable bonds is 3. The molecule has 0 saturated carbocycles. The summed E-state index contributed by atoms with van der Waals surface area (Å²) in [4.78, 5) is 0. The van der Waals surface area contributed by atoms with Gasteiger partial charge >= 0.3 is 0 Å². The molecule has 0 fully saturated rings. The molecular formula is C16H17BrO. The van der Waals surface area contributed by atoms with Crippen LogP contribution in [-0.4, -0.2) is 5.11 Å². The molecule has 1 N–H and O–H groups in total. The topological polar surface area (TPSA) is 20.2 Å². The summed E-state index contributed by atoms with van der Waals surface area (Å²) in [5.41, 5.74) is 2.14. The van der Waals surface area contributed by atoms with E-state index in [0.717, 1.165) is 15.6 Å². The summed E-state index contributed by atoms with van der Waals surface area (Å²) in [5.74, 6) is 0. The van der Waals surface area contributed by atoms with Gasteiger partial charge in [0.25, 0.3) is 0 Å². The first kappa shape index (κ1) is 13.3. The van der Waals surface area contributed by atoms with Crippen LogP contribution >= 0.6 is 15.9 Å². The van der Waals surface area contributed by atoms with Crippen molar-refractivity contribution < 1.29 is 5.11 Å². The van der Waals surface area contributed by atoms with E-state index in [-0.39, 0.29) is 0 Å². The molecule has 2 aromatic rings. The van der Waals surface area contributed by atoms with E-state index in [2.05, 4.69) is 15.9 Å². The zero-order valence-corrected chi connectivity index (χ0v) is 12.2. The number of hydrogen-bond donors (Lipinski definition) is 1. The second-order valence-corrected chi connectivity index (χ2v) is 5.51. The van der Waals surface area contributed by atoms with Gasteiger partial charge in [-0.3, -0.25) is 0 Å². The number of aliphatic hydroxyl groups is 1. The van der Waals surface area contributed by atoms with Crippen molar-refractivity contribution in [1.29, 1.82) is 0 Å². The van der Waals surface area contributed by atoms with E-state index in [4.69, 9.17) is 0 Å². The van der Waals surface area contributed by atoms with Crippen LogP contribution in [0.15, 0.2) is 53.0 Å². The van der Waals surface area contributed by atoms with Gasteiger partial charge in [-0.1, -0.05) is 64.8 Å². The van der Waals surface area contributed by atoms with Gasteiger partial charge in [0.15, 0.2) is 0 Å². The molecule has 1 atom stereocenters. The molecular weight excluding hydrogens is 288 g/mol. The van der Waals surface area contributed by atoms with Crippen LogP contribution in [0, 0.1) is 6.92 Å². The number of benzene rings is 2. The Morgan fingerprint density at radius 3 is 2.28 bits per heavy atom. The summed E-state index contributed by atoms with van der Waals surface area (Å²) in [6.07, 6.45) is 0.645. The van der Waals surface area contributed by atoms with Gasteiger partial charge < -0.3 is 5.11 Å². The molecule has 0 bridgehead atoms. The lowest BCUT2D eigenvalue weighted by atomic mass is 9.84. The molecule has 0 spiro atoms. The van der Waals surface area contributed by atoms with Crippen molar-refractivity contribution in [2.24, 2.45) is 0 Å². The smallest absolute Gasteiger partial charge is 0.114 e. The van der Waals surface area contributed by atoms with Crippen molar-refractivity contribution >= 4 is 15.9 Å². The lowest BCUT2D eigenvalue weighted by Gasteiger charge is -2.28. The molecule has 1 unspecified atom stereocenters. The second kappa shape index (κ2) is 5.25. The third-order valence-corrected chi connectivity index (χ3v) is 3.84. The van der Waals surface area contributed by atoms with Gasteiger partial charge in [-0.15, -0.1) is 0 Å². The highest BCUT2D eigenvalue weighted by Gasteiger charge is 2.29. The van der Waals surface area contributed by atoms with E-state index in [1.54, 1.807) is 0 Å². The van der Waals surface area contributed by atoms with Crippen LogP contribution in [0.3, 0.4) is 0 Å². The summed E-state index contributed by atoms with van der Waals surface area (Å²) in [6.45, 7) is 4.05. The highest BCUT2D eigenvalue weighted by atomic mass is 79.9. The minimum atomic E-state index is -0.919. The maximum atomic E-state index is 11.0. The number of hydrogen-bond acceptors (Lipinski definition) is 1. The van der Waals surface area contributed by atoms with Gasteiger partial charge in [-0.05, 0) is 36.6 Å². The summed E-state index contributed by atoms with van der Waals surface area (Å²) >= 11 is 3.46. The van der Waals surface area contributed by atoms with Gasteiger partial charge in [0.2, 0.25) is 0 Å². The first-order valence-corrected chi connectivity index (χ1v) is 6.91. The molecule has 0 aromatic heterocycles. The molecule has 0 heterocycles. The lowest BCUT2D eigenvalue weighted by Crippen LogP contribution is -2.26. The van der Waals surface area contributed by atoms with Gasteiger partial charge in [-0.25, -0.2) is 0 Å². The molecule has 2 rings (SSSR count). The minimum absolute atomic E-state index is 0.645. The van der Waals surface area contributed by atoms with Crippen LogP contribution in [0.1, 0.15) is 30.0 Å². The quantitative estimate of drug-likeness (QED) is 0.891. The SMILES string of the molecule is CCC(O)(c1ccc(C)cc1)c1cccc(Br)c1. The Morgan fingerprint density at radius 1 is 1.06 bits per heavy atom. The van der Waals surface area contributed by atoms with E-state index < -0.39 is 5.60 Å². The van der Waals surface area contributed by atoms with Crippen molar-refractivity contribution in [1.82, 2.24) is 0 Å². The monoisotopic (exact) mass is 304 g/mol. The summed E-state index contributed by atoms with van der Waals surface area (Å²) < 4.78 is 0.985. The summed E-state index contributed by atoms with van der Waals surface area (Å²) in [7, 11) is 0. The average Bonchev–Trinajstić information content (AvgIpc) is 2.38. The first-order valence-electron chi connectivity index (χ1n) is 6.12. The van der Waals surface area contributed by atoms with Gasteiger partial charge in [0.05, 0.1) is 0 Å². The highest BCUT2D eigenvalue weighted by Crippen LogP contribution is 2.34. The van der Waals surface area contributed by atoms with E-state index in [0.29, 0.717) is 6.42 Å². The number of halogens is 1. The molecule has 0 aliphatic rings. The van der Waals surface area contributed by atoms with Crippen molar-refractivity contribution in [2.75, 3.05) is 0 Å². The maximum absolute atomic E-state index is 11.0. The van der Waals surface area contributed by atoms with Crippen molar-refractivity contribution in [2.45, 2.75) is 25.9 Å². The highest BCUT2D eigenvalue weighted by molar-refractivity contribution is 9.10. The Balaban J connectivity index is 2.51. The number of aryl methyl sites for hydroxylation is 1. The molecule has 0 amide bonds. The third kappa shape index (κ3) is 2.50. The first-order chi connectivity index (χ1) is 8.56. The lowest BCUT2D eigenvalue weighted by molar-refractivity contribution is 0.0765. The van der Waals surface area contributed by atoms with E-state index in [9.17, 15) is 5.11 Å². The van der Waals surface area contributed by atoms with Gasteiger partial charge in [-0.2, -0.15) is 0 Å². The average molecular weight is 305 g/mol. The Bertz CT molecular complexity index is 533. The fourth-order valence-electron chi connectivity index (χ4n) is 2.15. The largest absolute Gasteiger partial charge is 0.380 e. The predicted molar refractivity (Wildman–Crippen MR) is 78.6 cm³/mol. The fraction of sp³-hybridized carbons (Fsp3) is 0.250. The fourth-order valence-corrected chi connectivity index (χ4v) is 2.55. The summed E-state index contributed by atoms with van der Waals surface area (Å²) in [6, 6.07) is 15.9. The molecule has 0 radical (unpaired) electrons. The minimum Gasteiger partial charge on any atom is -0.380 e. The molecule has 0 aliphatic carbocycles. The van der Waals surface area contributed by atoms with Crippen molar-refractivity contribution in [3.63, 3.8) is 0 Å². The van der Waals surface area contributed by atoms with Crippen LogP contribution < -0.4 is 0 Å². The van der Waals surface area contributed by atoms with Crippen molar-refractivity contribution in [3.8, 4) is 0 Å². The molecule has 1 nitrogen and oxygen atoms in total. The molecule has 2 aromatic carbocycles. The van der Waals surface area contributed by atoms with Crippen LogP contribution in [-0.2, 0) is 5.60 Å². The summed E-state index contributed by atoms with van der Waals surface area (Å²) in [5, 5.41) is 11.0. The molecule has 0 saturated heterocycles. The zero-order chi connectivity index (χ0) is 13.2. The molecule has 2 heteroatoms. The Labute approximate surface area is 117 Å². The van der Waals surface area contributed by atoms with Crippen LogP contribution in [0.2, 0.25) is 0 Å². The van der Waals surface area contributed by atoms with Crippen molar-refractivity contribution in [3.05, 3.63) is 69.7 Å². The Morgan fingerprint density at radius 2 is 1.72 bits per heavy atom. The molecule has 94 valence electrons. The predicted octanol–water partition coefficient (Wildman–Crippen LogP) is 4.40. The maximum Gasteiger partial charge on any atom is 0.114 e. The molecule has 18 heavy (non-hydrogen) atoms. The van der Waals surface area contributed by atoms with E-state index in [1.807, 2.05) is 62.4 Å². The van der Waals surface area contributed by atoms with Crippen LogP contribution in [0.25, 0.3) is 0 Å². The standard InChI is InChI=1S/C16H17BrO/c1-3-16(18,13-9-7-12(2)8-10-13)14-5-4-6-15(17)11-14/h4-11,18H,3H2,1-2H3. The third-order valence-electron chi connectivity index (χ3n) is 3.34. The van der Waals surface area contributed by atoms with E-state index >= 15 is 0 Å².